The van der Waals surface area contributed by atoms with E-state index in [1.54, 1.807) is 11.3 Å². The summed E-state index contributed by atoms with van der Waals surface area (Å²) < 4.78 is 6.99. The number of hydrogen-bond acceptors (Lipinski definition) is 6. The molecule has 7 nitrogen and oxygen atoms in total. The molecule has 2 atom stereocenters. The highest BCUT2D eigenvalue weighted by Gasteiger charge is 2.28. The maximum atomic E-state index is 13.0. The van der Waals surface area contributed by atoms with E-state index in [4.69, 9.17) is 4.74 Å². The zero-order valence-electron chi connectivity index (χ0n) is 21.7. The summed E-state index contributed by atoms with van der Waals surface area (Å²) in [5, 5.41) is 14.8. The number of carbonyl (C=O) groups excluding carboxylic acids is 1. The van der Waals surface area contributed by atoms with E-state index in [2.05, 4.69) is 58.5 Å². The molecule has 196 valence electrons. The van der Waals surface area contributed by atoms with Gasteiger partial charge in [0.25, 0.3) is 0 Å². The van der Waals surface area contributed by atoms with Gasteiger partial charge in [0.2, 0.25) is 0 Å². The van der Waals surface area contributed by atoms with E-state index in [0.717, 1.165) is 27.3 Å². The van der Waals surface area contributed by atoms with Gasteiger partial charge in [-0.05, 0) is 66.8 Å². The van der Waals surface area contributed by atoms with E-state index in [-0.39, 0.29) is 18.7 Å². The number of anilines is 1. The van der Waals surface area contributed by atoms with Crippen molar-refractivity contribution in [3.63, 3.8) is 0 Å². The van der Waals surface area contributed by atoms with Gasteiger partial charge >= 0.3 is 6.03 Å². The first-order valence-electron chi connectivity index (χ1n) is 13.1. The number of aromatic nitrogens is 1. The molecule has 3 aromatic carbocycles. The molecule has 8 heteroatoms. The van der Waals surface area contributed by atoms with Crippen molar-refractivity contribution in [2.24, 2.45) is 0 Å². The predicted octanol–water partition coefficient (Wildman–Crippen LogP) is 5.15. The zero-order chi connectivity index (χ0) is 26.2. The van der Waals surface area contributed by atoms with Crippen molar-refractivity contribution in [1.29, 1.82) is 0 Å². The largest absolute Gasteiger partial charge is 0.491 e. The van der Waals surface area contributed by atoms with Crippen LogP contribution < -0.4 is 10.1 Å². The minimum Gasteiger partial charge on any atom is -0.491 e. The number of aliphatic hydroxyl groups is 1. The Labute approximate surface area is 226 Å². The standard InChI is InChI=1S/C30H32N4O3S/c1-19-16-34(30(36)32-23-7-9-27-22(14-23)13-21-5-3-4-6-26(21)27)12-11-33(19)17-24(35)18-37-25-8-10-29-28(15-25)31-20(2)38-29/h3-10,14-15,19,24,35H,11-13,16-18H2,1-2H3,(H,32,36)/t19-,24+/m0/s1. The highest BCUT2D eigenvalue weighted by molar-refractivity contribution is 7.18. The quantitative estimate of drug-likeness (QED) is 0.319. The normalized spacial score (nSPS) is 17.8. The number of carbonyl (C=O) groups is 1. The minimum absolute atomic E-state index is 0.0801. The van der Waals surface area contributed by atoms with Gasteiger partial charge in [-0.15, -0.1) is 11.3 Å². The lowest BCUT2D eigenvalue weighted by molar-refractivity contribution is 0.0307. The molecule has 1 aromatic heterocycles. The Morgan fingerprint density at radius 2 is 1.97 bits per heavy atom. The number of thiazole rings is 1. The molecule has 1 fully saturated rings. The van der Waals surface area contributed by atoms with Crippen LogP contribution in [0.3, 0.4) is 0 Å². The van der Waals surface area contributed by atoms with Gasteiger partial charge in [0.05, 0.1) is 15.2 Å². The lowest BCUT2D eigenvalue weighted by Crippen LogP contribution is -2.56. The fourth-order valence-electron chi connectivity index (χ4n) is 5.50. The van der Waals surface area contributed by atoms with Crippen molar-refractivity contribution >= 4 is 33.3 Å². The molecule has 6 rings (SSSR count). The first kappa shape index (κ1) is 24.9. The van der Waals surface area contributed by atoms with Gasteiger partial charge in [-0.2, -0.15) is 0 Å². The third kappa shape index (κ3) is 5.12. The van der Waals surface area contributed by atoms with E-state index >= 15 is 0 Å². The zero-order valence-corrected chi connectivity index (χ0v) is 22.5. The number of aryl methyl sites for hydroxylation is 1. The fourth-order valence-corrected chi connectivity index (χ4v) is 6.31. The van der Waals surface area contributed by atoms with E-state index in [1.807, 2.05) is 36.1 Å². The Hall–Kier alpha value is -3.46. The first-order chi connectivity index (χ1) is 18.4. The van der Waals surface area contributed by atoms with E-state index in [9.17, 15) is 9.90 Å². The summed E-state index contributed by atoms with van der Waals surface area (Å²) in [6.07, 6.45) is 0.275. The molecule has 2 heterocycles. The van der Waals surface area contributed by atoms with Crippen LogP contribution in [0.2, 0.25) is 0 Å². The Bertz CT molecular complexity index is 1490. The molecule has 4 aromatic rings. The van der Waals surface area contributed by atoms with Gasteiger partial charge in [0.15, 0.2) is 0 Å². The summed E-state index contributed by atoms with van der Waals surface area (Å²) in [4.78, 5) is 21.6. The van der Waals surface area contributed by atoms with Crippen molar-refractivity contribution in [3.8, 4) is 16.9 Å². The molecule has 0 bridgehead atoms. The summed E-state index contributed by atoms with van der Waals surface area (Å²) >= 11 is 1.66. The third-order valence-corrected chi connectivity index (χ3v) is 8.40. The molecule has 2 aliphatic rings. The molecule has 0 spiro atoms. The SMILES string of the molecule is Cc1nc2cc(OC[C@H](O)CN3CCN(C(=O)Nc4ccc5c(c4)Cc4ccccc4-5)C[C@@H]3C)ccc2s1. The van der Waals surface area contributed by atoms with Crippen molar-refractivity contribution in [3.05, 3.63) is 76.8 Å². The number of piperazine rings is 1. The van der Waals surface area contributed by atoms with Crippen LogP contribution in [0.1, 0.15) is 23.1 Å². The third-order valence-electron chi connectivity index (χ3n) is 7.45. The lowest BCUT2D eigenvalue weighted by atomic mass is 10.1. The topological polar surface area (TPSA) is 77.9 Å². The number of nitrogens with one attached hydrogen (secondary N) is 1. The monoisotopic (exact) mass is 528 g/mol. The van der Waals surface area contributed by atoms with Crippen LogP contribution in [0.5, 0.6) is 5.75 Å². The van der Waals surface area contributed by atoms with Gasteiger partial charge in [-0.1, -0.05) is 30.3 Å². The second-order valence-electron chi connectivity index (χ2n) is 10.3. The molecule has 38 heavy (non-hydrogen) atoms. The second kappa shape index (κ2) is 10.4. The summed E-state index contributed by atoms with van der Waals surface area (Å²) in [5.41, 5.74) is 6.87. The van der Waals surface area contributed by atoms with Gasteiger partial charge in [0.1, 0.15) is 18.5 Å². The van der Waals surface area contributed by atoms with Gasteiger partial charge in [-0.3, -0.25) is 4.90 Å². The minimum atomic E-state index is -0.624. The van der Waals surface area contributed by atoms with Crippen LogP contribution in [-0.4, -0.2) is 70.9 Å². The van der Waals surface area contributed by atoms with E-state index in [0.29, 0.717) is 31.9 Å². The summed E-state index contributed by atoms with van der Waals surface area (Å²) in [5.74, 6) is 0.715. The molecule has 1 aliphatic heterocycles. The molecule has 1 saturated heterocycles. The number of amides is 2. The average molecular weight is 529 g/mol. The number of urea groups is 1. The Kier molecular flexibility index (Phi) is 6.78. The van der Waals surface area contributed by atoms with Gasteiger partial charge in [0, 0.05) is 44.0 Å². The van der Waals surface area contributed by atoms with Gasteiger partial charge < -0.3 is 20.1 Å². The van der Waals surface area contributed by atoms with Crippen molar-refractivity contribution in [2.45, 2.75) is 32.4 Å². The summed E-state index contributed by atoms with van der Waals surface area (Å²) in [6.45, 7) is 6.72. The maximum absolute atomic E-state index is 13.0. The number of rotatable bonds is 6. The summed E-state index contributed by atoms with van der Waals surface area (Å²) in [6, 6.07) is 20.6. The molecule has 2 amide bonds. The van der Waals surface area contributed by atoms with Crippen molar-refractivity contribution < 1.29 is 14.6 Å². The van der Waals surface area contributed by atoms with Crippen LogP contribution in [0.4, 0.5) is 10.5 Å². The molecular weight excluding hydrogens is 496 g/mol. The fraction of sp³-hybridized carbons (Fsp3) is 0.333. The van der Waals surface area contributed by atoms with E-state index in [1.165, 1.54) is 22.3 Å². The Balaban J connectivity index is 0.991. The first-order valence-corrected chi connectivity index (χ1v) is 13.9. The van der Waals surface area contributed by atoms with Gasteiger partial charge in [-0.25, -0.2) is 9.78 Å². The number of β-amino-alcohol motifs (C(OH)–C–C–N with tert-alkyl or cyclic N) is 1. The lowest BCUT2D eigenvalue weighted by Gasteiger charge is -2.40. The molecule has 0 unspecified atom stereocenters. The number of aliphatic hydroxyl groups excluding tert-OH is 1. The highest BCUT2D eigenvalue weighted by atomic mass is 32.1. The Morgan fingerprint density at radius 3 is 2.84 bits per heavy atom. The summed E-state index contributed by atoms with van der Waals surface area (Å²) in [7, 11) is 0. The highest BCUT2D eigenvalue weighted by Crippen LogP contribution is 2.37. The van der Waals surface area contributed by atoms with Crippen LogP contribution in [-0.2, 0) is 6.42 Å². The van der Waals surface area contributed by atoms with Crippen molar-refractivity contribution in [1.82, 2.24) is 14.8 Å². The second-order valence-corrected chi connectivity index (χ2v) is 11.5. The van der Waals surface area contributed by atoms with Crippen LogP contribution in [0, 0.1) is 6.92 Å². The Morgan fingerprint density at radius 1 is 1.13 bits per heavy atom. The molecule has 0 saturated carbocycles. The molecule has 0 radical (unpaired) electrons. The van der Waals surface area contributed by atoms with Crippen LogP contribution >= 0.6 is 11.3 Å². The number of nitrogens with zero attached hydrogens (tertiary/aromatic N) is 3. The molecule has 1 aliphatic carbocycles. The van der Waals surface area contributed by atoms with Crippen LogP contribution in [0.15, 0.2) is 60.7 Å². The number of fused-ring (bicyclic) bond motifs is 4. The molecular formula is C30H32N4O3S. The maximum Gasteiger partial charge on any atom is 0.321 e. The van der Waals surface area contributed by atoms with E-state index < -0.39 is 6.10 Å². The van der Waals surface area contributed by atoms with Crippen molar-refractivity contribution in [2.75, 3.05) is 38.1 Å². The average Bonchev–Trinajstić information content (AvgIpc) is 3.47. The number of benzene rings is 3. The number of ether oxygens (including phenoxy) is 1. The number of hydrogen-bond donors (Lipinski definition) is 2. The smallest absolute Gasteiger partial charge is 0.321 e. The van der Waals surface area contributed by atoms with Crippen LogP contribution in [0.25, 0.3) is 21.3 Å². The molecule has 2 N–H and O–H groups in total. The predicted molar refractivity (Wildman–Crippen MR) is 152 cm³/mol.